The van der Waals surface area contributed by atoms with Crippen LogP contribution in [0.4, 0.5) is 5.95 Å². The fourth-order valence-corrected chi connectivity index (χ4v) is 3.89. The molecule has 3 N–H and O–H groups in total. The molecule has 2 aromatic heterocycles. The molecule has 7 nitrogen and oxygen atoms in total. The summed E-state index contributed by atoms with van der Waals surface area (Å²) in [5, 5.41) is 3.27. The number of nitrogens with two attached hydrogens (primary N) is 1. The summed E-state index contributed by atoms with van der Waals surface area (Å²) < 4.78 is 11.8. The van der Waals surface area contributed by atoms with Crippen molar-refractivity contribution >= 4 is 23.0 Å². The van der Waals surface area contributed by atoms with E-state index in [1.54, 1.807) is 7.11 Å². The van der Waals surface area contributed by atoms with E-state index in [4.69, 9.17) is 14.9 Å². The maximum atomic E-state index is 11.5. The Labute approximate surface area is 193 Å². The van der Waals surface area contributed by atoms with Crippen LogP contribution in [-0.2, 0) is 11.2 Å². The maximum Gasteiger partial charge on any atom is 0.236 e. The number of rotatable bonds is 9. The number of aryl methyl sites for hydroxylation is 1. The van der Waals surface area contributed by atoms with Gasteiger partial charge in [-0.05, 0) is 36.9 Å². The van der Waals surface area contributed by atoms with Gasteiger partial charge in [0.05, 0.1) is 7.11 Å². The van der Waals surface area contributed by atoms with Gasteiger partial charge in [-0.25, -0.2) is 0 Å². The monoisotopic (exact) mass is 444 g/mol. The topological polar surface area (TPSA) is 103 Å². The van der Waals surface area contributed by atoms with Crippen LogP contribution in [0.2, 0.25) is 0 Å². The number of furan rings is 1. The first-order valence-corrected chi connectivity index (χ1v) is 11.1. The van der Waals surface area contributed by atoms with Crippen LogP contribution in [0.5, 0.6) is 5.88 Å². The molecule has 4 aromatic rings. The van der Waals surface area contributed by atoms with Crippen molar-refractivity contribution in [2.75, 3.05) is 19.0 Å². The van der Waals surface area contributed by atoms with Crippen LogP contribution in [0.15, 0.2) is 59.0 Å². The summed E-state index contributed by atoms with van der Waals surface area (Å²) in [5.74, 6) is 0.890. The fourth-order valence-electron chi connectivity index (χ4n) is 3.89. The lowest BCUT2D eigenvalue weighted by atomic mass is 9.98. The standard InChI is InChI=1S/C26H28N4O3/c1-17(31)28-26-29-24(32-2)22-21(19-10-6-3-7-11-19)23(33-25(22)30-26)20-14-12-18(13-15-20)9-5-4-8-16-27/h3,6-7,10-15H,4-5,8-9,16,27H2,1-2H3,(H,28,29,30,31). The van der Waals surface area contributed by atoms with Crippen molar-refractivity contribution in [3.63, 3.8) is 0 Å². The Balaban J connectivity index is 1.81. The summed E-state index contributed by atoms with van der Waals surface area (Å²) in [6, 6.07) is 18.3. The van der Waals surface area contributed by atoms with E-state index in [9.17, 15) is 4.79 Å². The highest BCUT2D eigenvalue weighted by molar-refractivity contribution is 6.03. The molecular weight excluding hydrogens is 416 g/mol. The maximum absolute atomic E-state index is 11.5. The smallest absolute Gasteiger partial charge is 0.236 e. The first-order chi connectivity index (χ1) is 16.1. The second-order valence-corrected chi connectivity index (χ2v) is 7.89. The van der Waals surface area contributed by atoms with Crippen molar-refractivity contribution in [1.29, 1.82) is 0 Å². The predicted octanol–water partition coefficient (Wildman–Crippen LogP) is 5.20. The van der Waals surface area contributed by atoms with Crippen molar-refractivity contribution < 1.29 is 13.9 Å². The second-order valence-electron chi connectivity index (χ2n) is 7.89. The highest BCUT2D eigenvalue weighted by Crippen LogP contribution is 2.43. The summed E-state index contributed by atoms with van der Waals surface area (Å²) >= 11 is 0. The number of hydrogen-bond acceptors (Lipinski definition) is 6. The number of amides is 1. The summed E-state index contributed by atoms with van der Waals surface area (Å²) in [4.78, 5) is 20.4. The van der Waals surface area contributed by atoms with Gasteiger partial charge in [0.1, 0.15) is 11.1 Å². The van der Waals surface area contributed by atoms with E-state index in [1.807, 2.05) is 30.3 Å². The van der Waals surface area contributed by atoms with Gasteiger partial charge in [-0.2, -0.15) is 9.97 Å². The number of nitrogens with one attached hydrogen (secondary N) is 1. The Morgan fingerprint density at radius 1 is 1.00 bits per heavy atom. The molecule has 2 aromatic carbocycles. The van der Waals surface area contributed by atoms with E-state index < -0.39 is 0 Å². The van der Waals surface area contributed by atoms with Crippen molar-refractivity contribution in [1.82, 2.24) is 9.97 Å². The minimum absolute atomic E-state index is 0.139. The fraction of sp³-hybridized carbons (Fsp3) is 0.269. The summed E-state index contributed by atoms with van der Waals surface area (Å²) in [6.07, 6.45) is 4.33. The first-order valence-electron chi connectivity index (χ1n) is 11.1. The molecule has 0 aliphatic heterocycles. The lowest BCUT2D eigenvalue weighted by Crippen LogP contribution is -2.09. The zero-order valence-electron chi connectivity index (χ0n) is 18.9. The highest BCUT2D eigenvalue weighted by Gasteiger charge is 2.24. The quantitative estimate of drug-likeness (QED) is 0.344. The van der Waals surface area contributed by atoms with Crippen LogP contribution in [0.3, 0.4) is 0 Å². The molecule has 0 saturated heterocycles. The lowest BCUT2D eigenvalue weighted by Gasteiger charge is -2.07. The number of methoxy groups -OCH3 is 1. The molecule has 0 radical (unpaired) electrons. The Morgan fingerprint density at radius 3 is 2.42 bits per heavy atom. The van der Waals surface area contributed by atoms with Crippen LogP contribution in [-0.4, -0.2) is 29.5 Å². The number of ether oxygens (including phenoxy) is 1. The van der Waals surface area contributed by atoms with E-state index >= 15 is 0 Å². The van der Waals surface area contributed by atoms with Gasteiger partial charge in [0.2, 0.25) is 23.4 Å². The molecule has 0 atom stereocenters. The molecule has 170 valence electrons. The van der Waals surface area contributed by atoms with Crippen molar-refractivity contribution in [2.24, 2.45) is 5.73 Å². The molecule has 0 spiro atoms. The predicted molar refractivity (Wildman–Crippen MR) is 130 cm³/mol. The highest BCUT2D eigenvalue weighted by atomic mass is 16.5. The van der Waals surface area contributed by atoms with E-state index in [1.165, 1.54) is 12.5 Å². The third kappa shape index (κ3) is 5.04. The van der Waals surface area contributed by atoms with Gasteiger partial charge in [-0.1, -0.05) is 61.0 Å². The van der Waals surface area contributed by atoms with Crippen LogP contribution in [0, 0.1) is 0 Å². The molecular formula is C26H28N4O3. The molecule has 0 saturated carbocycles. The number of anilines is 1. The zero-order chi connectivity index (χ0) is 23.2. The Bertz CT molecular complexity index is 1230. The minimum atomic E-state index is -0.270. The van der Waals surface area contributed by atoms with Gasteiger partial charge >= 0.3 is 0 Å². The number of carbonyl (C=O) groups excluding carboxylic acids is 1. The van der Waals surface area contributed by atoms with Gasteiger partial charge in [0.25, 0.3) is 0 Å². The van der Waals surface area contributed by atoms with Gasteiger partial charge in [0, 0.05) is 18.1 Å². The van der Waals surface area contributed by atoms with Gasteiger partial charge in [0.15, 0.2) is 0 Å². The van der Waals surface area contributed by atoms with E-state index in [0.29, 0.717) is 22.7 Å². The van der Waals surface area contributed by atoms with Crippen molar-refractivity contribution in [3.8, 4) is 28.3 Å². The van der Waals surface area contributed by atoms with Crippen LogP contribution in [0.25, 0.3) is 33.6 Å². The molecule has 0 unspecified atom stereocenters. The number of nitrogens with zero attached hydrogens (tertiary/aromatic N) is 2. The van der Waals surface area contributed by atoms with Crippen LogP contribution in [0.1, 0.15) is 31.7 Å². The number of unbranched alkanes of at least 4 members (excludes halogenated alkanes) is 2. The number of fused-ring (bicyclic) bond motifs is 1. The molecule has 2 heterocycles. The molecule has 0 aliphatic carbocycles. The minimum Gasteiger partial charge on any atom is -0.480 e. The van der Waals surface area contributed by atoms with Crippen LogP contribution >= 0.6 is 0 Å². The van der Waals surface area contributed by atoms with E-state index in [-0.39, 0.29) is 11.9 Å². The number of carbonyl (C=O) groups is 1. The normalized spacial score (nSPS) is 11.0. The Hall–Kier alpha value is -3.71. The van der Waals surface area contributed by atoms with E-state index in [2.05, 4.69) is 39.6 Å². The largest absolute Gasteiger partial charge is 0.480 e. The molecule has 0 aliphatic rings. The van der Waals surface area contributed by atoms with E-state index in [0.717, 1.165) is 48.9 Å². The van der Waals surface area contributed by atoms with Gasteiger partial charge in [-0.15, -0.1) is 0 Å². The van der Waals surface area contributed by atoms with Crippen molar-refractivity contribution in [2.45, 2.75) is 32.6 Å². The first kappa shape index (κ1) is 22.5. The van der Waals surface area contributed by atoms with Crippen molar-refractivity contribution in [3.05, 3.63) is 60.2 Å². The summed E-state index contributed by atoms with van der Waals surface area (Å²) in [5.41, 5.74) is 9.97. The molecule has 7 heteroatoms. The molecule has 1 amide bonds. The Morgan fingerprint density at radius 2 is 1.76 bits per heavy atom. The third-order valence-corrected chi connectivity index (χ3v) is 5.45. The SMILES string of the molecule is COc1nc(NC(C)=O)nc2oc(-c3ccc(CCCCCN)cc3)c(-c3ccccc3)c12. The molecule has 4 rings (SSSR count). The number of aromatic nitrogens is 2. The third-order valence-electron chi connectivity index (χ3n) is 5.45. The van der Waals surface area contributed by atoms with Gasteiger partial charge < -0.3 is 14.9 Å². The summed E-state index contributed by atoms with van der Waals surface area (Å²) in [6.45, 7) is 2.14. The lowest BCUT2D eigenvalue weighted by molar-refractivity contribution is -0.114. The zero-order valence-corrected chi connectivity index (χ0v) is 18.9. The van der Waals surface area contributed by atoms with Gasteiger partial charge in [-0.3, -0.25) is 10.1 Å². The Kier molecular flexibility index (Phi) is 7.00. The van der Waals surface area contributed by atoms with Crippen LogP contribution < -0.4 is 15.8 Å². The molecule has 0 fully saturated rings. The molecule has 33 heavy (non-hydrogen) atoms. The molecule has 0 bridgehead atoms. The number of benzene rings is 2. The average Bonchev–Trinajstić information content (AvgIpc) is 3.21. The second kappa shape index (κ2) is 10.3. The average molecular weight is 445 g/mol. The number of hydrogen-bond donors (Lipinski definition) is 2. The summed E-state index contributed by atoms with van der Waals surface area (Å²) in [7, 11) is 1.54.